The molecule has 0 aliphatic heterocycles. The van der Waals surface area contributed by atoms with E-state index in [0.717, 1.165) is 41.5 Å². The highest BCUT2D eigenvalue weighted by molar-refractivity contribution is 7.80. The molecule has 3 N–H and O–H groups in total. The first-order valence-electron chi connectivity index (χ1n) is 14.1. The van der Waals surface area contributed by atoms with E-state index >= 15 is 0 Å². The molecule has 0 saturated carbocycles. The van der Waals surface area contributed by atoms with Crippen molar-refractivity contribution in [1.82, 2.24) is 30.8 Å². The van der Waals surface area contributed by atoms with Crippen LogP contribution in [-0.2, 0) is 20.9 Å². The molecule has 2 amide bonds. The number of aliphatic carboxylic acids is 1. The van der Waals surface area contributed by atoms with E-state index in [1.54, 1.807) is 4.90 Å². The van der Waals surface area contributed by atoms with E-state index < -0.39 is 30.3 Å². The number of tetrazole rings is 1. The number of amides is 2. The van der Waals surface area contributed by atoms with Gasteiger partial charge in [-0.3, -0.25) is 14.4 Å². The van der Waals surface area contributed by atoms with Crippen LogP contribution in [0.1, 0.15) is 58.4 Å². The fourth-order valence-electron chi connectivity index (χ4n) is 4.75. The number of thiol groups is 1. The Morgan fingerprint density at radius 2 is 1.76 bits per heavy atom. The van der Waals surface area contributed by atoms with E-state index in [1.165, 1.54) is 0 Å². The average molecular weight is 581 g/mol. The molecule has 0 spiro atoms. The Morgan fingerprint density at radius 1 is 1.05 bits per heavy atom. The van der Waals surface area contributed by atoms with Crippen molar-refractivity contribution in [3.8, 4) is 22.5 Å². The number of nitrogens with one attached hydrogen (secondary N) is 2. The highest BCUT2D eigenvalue weighted by atomic mass is 32.1. The van der Waals surface area contributed by atoms with Gasteiger partial charge in [-0.05, 0) is 40.7 Å². The second-order valence-electron chi connectivity index (χ2n) is 10.6. The van der Waals surface area contributed by atoms with Gasteiger partial charge in [-0.2, -0.15) is 17.8 Å². The minimum atomic E-state index is -1.16. The molecule has 0 saturated heterocycles. The molecule has 2 aromatic carbocycles. The van der Waals surface area contributed by atoms with Crippen LogP contribution in [-0.4, -0.2) is 66.8 Å². The highest BCUT2D eigenvalue weighted by Crippen LogP contribution is 2.30. The van der Waals surface area contributed by atoms with Crippen LogP contribution >= 0.6 is 12.6 Å². The molecule has 220 valence electrons. The summed E-state index contributed by atoms with van der Waals surface area (Å²) in [6.07, 6.45) is 2.80. The molecule has 11 heteroatoms. The van der Waals surface area contributed by atoms with Crippen LogP contribution < -0.4 is 5.32 Å². The Labute approximate surface area is 246 Å². The number of benzene rings is 2. The number of carboxylic acid groups (broad SMARTS) is 1. The van der Waals surface area contributed by atoms with Crippen LogP contribution in [0, 0.1) is 11.8 Å². The SMILES string of the molecule is CCCCCN(Cc1ccc(-c2ccccc2-c2nn[nH]n2)cc1)C(=O)[C@@H](CC(=O)O)NC(=O)C(CS)CC(C)C. The predicted molar refractivity (Wildman–Crippen MR) is 161 cm³/mol. The molecule has 3 aromatic rings. The van der Waals surface area contributed by atoms with Gasteiger partial charge < -0.3 is 15.3 Å². The summed E-state index contributed by atoms with van der Waals surface area (Å²) >= 11 is 4.31. The molecule has 41 heavy (non-hydrogen) atoms. The largest absolute Gasteiger partial charge is 0.481 e. The maximum absolute atomic E-state index is 13.7. The second kappa shape index (κ2) is 15.9. The number of nitrogens with zero attached hydrogens (tertiary/aromatic N) is 4. The number of aromatic amines is 1. The smallest absolute Gasteiger partial charge is 0.305 e. The molecule has 1 heterocycles. The number of hydrogen-bond acceptors (Lipinski definition) is 7. The molecule has 10 nitrogen and oxygen atoms in total. The molecule has 0 radical (unpaired) electrons. The highest BCUT2D eigenvalue weighted by Gasteiger charge is 2.30. The van der Waals surface area contributed by atoms with E-state index in [9.17, 15) is 19.5 Å². The zero-order valence-corrected chi connectivity index (χ0v) is 24.8. The minimum Gasteiger partial charge on any atom is -0.481 e. The van der Waals surface area contributed by atoms with Gasteiger partial charge in [0.2, 0.25) is 17.6 Å². The summed E-state index contributed by atoms with van der Waals surface area (Å²) < 4.78 is 0. The zero-order valence-electron chi connectivity index (χ0n) is 23.9. The first kappa shape index (κ1) is 31.8. The minimum absolute atomic E-state index is 0.263. The van der Waals surface area contributed by atoms with Crippen LogP contribution in [0.15, 0.2) is 48.5 Å². The Kier molecular flexibility index (Phi) is 12.3. The quantitative estimate of drug-likeness (QED) is 0.143. The maximum atomic E-state index is 13.7. The Morgan fingerprint density at radius 3 is 2.34 bits per heavy atom. The average Bonchev–Trinajstić information content (AvgIpc) is 3.50. The molecule has 3 rings (SSSR count). The van der Waals surface area contributed by atoms with Crippen LogP contribution in [0.3, 0.4) is 0 Å². The Balaban J connectivity index is 1.82. The van der Waals surface area contributed by atoms with Crippen molar-refractivity contribution in [3.05, 3.63) is 54.1 Å². The van der Waals surface area contributed by atoms with Crippen molar-refractivity contribution in [2.24, 2.45) is 11.8 Å². The van der Waals surface area contributed by atoms with Crippen molar-refractivity contribution >= 4 is 30.4 Å². The standard InChI is InChI=1S/C30H40N6O4S/c1-4-5-8-15-36(30(40)26(17-27(37)38)31-29(39)23(19-41)16-20(2)3)18-21-11-13-22(14-12-21)24-9-6-7-10-25(24)28-32-34-35-33-28/h6-7,9-14,20,23,26,41H,4-5,8,15-19H2,1-3H3,(H,31,39)(H,37,38)(H,32,33,34,35)/t23?,26-/m1/s1. The van der Waals surface area contributed by atoms with Crippen LogP contribution in [0.25, 0.3) is 22.5 Å². The fourth-order valence-corrected chi connectivity index (χ4v) is 5.07. The van der Waals surface area contributed by atoms with Gasteiger partial charge >= 0.3 is 5.97 Å². The molecular weight excluding hydrogens is 540 g/mol. The van der Waals surface area contributed by atoms with Gasteiger partial charge in [-0.15, -0.1) is 10.2 Å². The molecule has 2 atom stereocenters. The number of carboxylic acids is 1. The monoisotopic (exact) mass is 580 g/mol. The summed E-state index contributed by atoms with van der Waals surface area (Å²) in [4.78, 5) is 40.1. The predicted octanol–water partition coefficient (Wildman–Crippen LogP) is 4.60. The van der Waals surface area contributed by atoms with Gasteiger partial charge in [0.15, 0.2) is 0 Å². The summed E-state index contributed by atoms with van der Waals surface area (Å²) in [5.74, 6) is -1.21. The third-order valence-corrected chi connectivity index (χ3v) is 7.28. The number of aromatic nitrogens is 4. The molecule has 0 fully saturated rings. The van der Waals surface area contributed by atoms with Crippen molar-refractivity contribution in [2.75, 3.05) is 12.3 Å². The first-order valence-corrected chi connectivity index (χ1v) is 14.7. The number of hydrogen-bond donors (Lipinski definition) is 4. The lowest BCUT2D eigenvalue weighted by molar-refractivity contribution is -0.144. The molecule has 0 aliphatic carbocycles. The summed E-state index contributed by atoms with van der Waals surface area (Å²) in [6, 6.07) is 14.5. The summed E-state index contributed by atoms with van der Waals surface area (Å²) in [6.45, 7) is 6.85. The first-order chi connectivity index (χ1) is 19.7. The number of carbonyl (C=O) groups is 3. The Bertz CT molecular complexity index is 1270. The third kappa shape index (κ3) is 9.41. The lowest BCUT2D eigenvalue weighted by Crippen LogP contribution is -2.51. The van der Waals surface area contributed by atoms with Gasteiger partial charge in [0, 0.05) is 30.3 Å². The van der Waals surface area contributed by atoms with E-state index in [4.69, 9.17) is 0 Å². The van der Waals surface area contributed by atoms with Crippen molar-refractivity contribution in [2.45, 2.75) is 65.5 Å². The van der Waals surface area contributed by atoms with Crippen LogP contribution in [0.4, 0.5) is 0 Å². The van der Waals surface area contributed by atoms with Crippen LogP contribution in [0.2, 0.25) is 0 Å². The van der Waals surface area contributed by atoms with E-state index in [0.29, 0.717) is 31.1 Å². The van der Waals surface area contributed by atoms with E-state index in [2.05, 4.69) is 45.5 Å². The lowest BCUT2D eigenvalue weighted by Gasteiger charge is -2.29. The van der Waals surface area contributed by atoms with Crippen molar-refractivity contribution in [1.29, 1.82) is 0 Å². The van der Waals surface area contributed by atoms with Gasteiger partial charge in [0.25, 0.3) is 0 Å². The molecular formula is C30H40N6O4S. The number of unbranched alkanes of at least 4 members (excludes halogenated alkanes) is 2. The zero-order chi connectivity index (χ0) is 29.8. The number of H-pyrrole nitrogens is 1. The number of rotatable bonds is 16. The lowest BCUT2D eigenvalue weighted by atomic mass is 9.97. The Hall–Kier alpha value is -3.73. The normalized spacial score (nSPS) is 12.6. The van der Waals surface area contributed by atoms with Gasteiger partial charge in [-0.25, -0.2) is 0 Å². The van der Waals surface area contributed by atoms with Gasteiger partial charge in [0.1, 0.15) is 6.04 Å². The topological polar surface area (TPSA) is 141 Å². The summed E-state index contributed by atoms with van der Waals surface area (Å²) in [7, 11) is 0. The molecule has 0 aliphatic rings. The van der Waals surface area contributed by atoms with E-state index in [-0.39, 0.29) is 11.8 Å². The molecule has 1 unspecified atom stereocenters. The van der Waals surface area contributed by atoms with Crippen molar-refractivity contribution < 1.29 is 19.5 Å². The van der Waals surface area contributed by atoms with Crippen LogP contribution in [0.5, 0.6) is 0 Å². The maximum Gasteiger partial charge on any atom is 0.305 e. The van der Waals surface area contributed by atoms with Crippen molar-refractivity contribution in [3.63, 3.8) is 0 Å². The van der Waals surface area contributed by atoms with Gasteiger partial charge in [-0.1, -0.05) is 82.1 Å². The summed E-state index contributed by atoms with van der Waals surface area (Å²) in [5.41, 5.74) is 3.64. The fraction of sp³-hybridized carbons (Fsp3) is 0.467. The molecule has 1 aromatic heterocycles. The van der Waals surface area contributed by atoms with Gasteiger partial charge in [0.05, 0.1) is 6.42 Å². The number of carbonyl (C=O) groups excluding carboxylic acids is 2. The summed E-state index contributed by atoms with van der Waals surface area (Å²) in [5, 5.41) is 26.6. The molecule has 0 bridgehead atoms. The second-order valence-corrected chi connectivity index (χ2v) is 11.0. The van der Waals surface area contributed by atoms with E-state index in [1.807, 2.05) is 62.4 Å². The third-order valence-electron chi connectivity index (χ3n) is 6.84.